The third-order valence-corrected chi connectivity index (χ3v) is 3.84. The van der Waals surface area contributed by atoms with Crippen LogP contribution in [0.15, 0.2) is 0 Å². The van der Waals surface area contributed by atoms with Crippen LogP contribution in [0.3, 0.4) is 0 Å². The minimum absolute atomic E-state index is 0.0450. The van der Waals surface area contributed by atoms with E-state index in [-0.39, 0.29) is 44.7 Å². The van der Waals surface area contributed by atoms with Gasteiger partial charge in [-0.2, -0.15) is 21.0 Å². The van der Waals surface area contributed by atoms with E-state index in [0.717, 1.165) is 0 Å². The van der Waals surface area contributed by atoms with Gasteiger partial charge in [-0.3, -0.25) is 4.79 Å². The number of nitrogens with zero attached hydrogens (tertiary/aromatic N) is 4. The molecular weight excluding hydrogens is 308 g/mol. The average Bonchev–Trinajstić information content (AvgIpc) is 2.61. The van der Waals surface area contributed by atoms with Crippen LogP contribution >= 0.6 is 0 Å². The topological polar surface area (TPSA) is 131 Å². The molecule has 0 spiro atoms. The largest absolute Gasteiger partial charge is 0.353 e. The van der Waals surface area contributed by atoms with Gasteiger partial charge in [0.2, 0.25) is 0 Å². The molecule has 0 aliphatic heterocycles. The van der Waals surface area contributed by atoms with Crippen molar-refractivity contribution >= 4 is 5.78 Å². The summed E-state index contributed by atoms with van der Waals surface area (Å²) in [5.74, 6) is -0.138. The first kappa shape index (κ1) is 21.6. The second-order valence-electron chi connectivity index (χ2n) is 5.19. The van der Waals surface area contributed by atoms with Crippen molar-refractivity contribution in [2.24, 2.45) is 10.8 Å². The van der Waals surface area contributed by atoms with Crippen molar-refractivity contribution in [3.63, 3.8) is 0 Å². The maximum atomic E-state index is 11.6. The number of hydrogen-bond acceptors (Lipinski definition) is 7. The number of ether oxygens (including phenoxy) is 2. The molecule has 128 valence electrons. The van der Waals surface area contributed by atoms with Gasteiger partial charge in [0.1, 0.15) is 5.78 Å². The van der Waals surface area contributed by atoms with Crippen molar-refractivity contribution in [2.75, 3.05) is 13.2 Å². The molecule has 0 unspecified atom stereocenters. The van der Waals surface area contributed by atoms with E-state index in [1.165, 1.54) is 0 Å². The molecule has 0 heterocycles. The zero-order valence-electron chi connectivity index (χ0n) is 14.3. The summed E-state index contributed by atoms with van der Waals surface area (Å²) in [5, 5.41) is 38.4. The molecule has 7 nitrogen and oxygen atoms in total. The quantitative estimate of drug-likeness (QED) is 0.532. The highest BCUT2D eigenvalue weighted by molar-refractivity contribution is 5.78. The second kappa shape index (κ2) is 10.3. The zero-order chi connectivity index (χ0) is 18.6. The molecule has 7 heteroatoms. The van der Waals surface area contributed by atoms with Gasteiger partial charge in [-0.15, -0.1) is 0 Å². The van der Waals surface area contributed by atoms with Gasteiger partial charge in [-0.05, 0) is 20.3 Å². The fourth-order valence-electron chi connectivity index (χ4n) is 2.31. The summed E-state index contributed by atoms with van der Waals surface area (Å²) in [7, 11) is 0. The summed E-state index contributed by atoms with van der Waals surface area (Å²) in [6, 6.07) is 7.25. The maximum absolute atomic E-state index is 11.6. The molecule has 0 fully saturated rings. The normalized spacial score (nSPS) is 11.2. The Labute approximate surface area is 143 Å². The third-order valence-electron chi connectivity index (χ3n) is 3.84. The minimum atomic E-state index is -1.96. The molecule has 0 radical (unpaired) electrons. The first-order chi connectivity index (χ1) is 11.4. The smallest absolute Gasteiger partial charge is 0.180 e. The van der Waals surface area contributed by atoms with Gasteiger partial charge < -0.3 is 9.47 Å². The summed E-state index contributed by atoms with van der Waals surface area (Å²) in [5.41, 5.74) is -3.90. The van der Waals surface area contributed by atoms with Crippen LogP contribution in [0.4, 0.5) is 0 Å². The van der Waals surface area contributed by atoms with E-state index < -0.39 is 17.1 Å². The summed E-state index contributed by atoms with van der Waals surface area (Å²) >= 11 is 0. The minimum Gasteiger partial charge on any atom is -0.353 e. The molecule has 0 aromatic carbocycles. The average molecular weight is 330 g/mol. The van der Waals surface area contributed by atoms with Crippen LogP contribution in [-0.4, -0.2) is 25.3 Å². The molecule has 0 N–H and O–H groups in total. The number of nitriles is 4. The fraction of sp³-hybridized carbons (Fsp3) is 0.706. The highest BCUT2D eigenvalue weighted by Crippen LogP contribution is 2.46. The molecule has 0 aliphatic carbocycles. The predicted molar refractivity (Wildman–Crippen MR) is 83.5 cm³/mol. The highest BCUT2D eigenvalue weighted by atomic mass is 16.7. The van der Waals surface area contributed by atoms with Crippen LogP contribution in [0, 0.1) is 56.2 Å². The van der Waals surface area contributed by atoms with Crippen LogP contribution in [0.2, 0.25) is 0 Å². The van der Waals surface area contributed by atoms with Gasteiger partial charge in [0.25, 0.3) is 0 Å². The van der Waals surface area contributed by atoms with Gasteiger partial charge in [-0.25, -0.2) is 0 Å². The lowest BCUT2D eigenvalue weighted by molar-refractivity contribution is -0.151. The lowest BCUT2D eigenvalue weighted by Gasteiger charge is -2.33. The molecule has 0 amide bonds. The fourth-order valence-corrected chi connectivity index (χ4v) is 2.31. The Balaban J connectivity index is 5.81. The molecule has 0 saturated heterocycles. The number of carbonyl (C=O) groups excluding carboxylic acids is 1. The van der Waals surface area contributed by atoms with Crippen molar-refractivity contribution in [3.8, 4) is 24.3 Å². The van der Waals surface area contributed by atoms with Crippen molar-refractivity contribution < 1.29 is 14.3 Å². The standard InChI is InChI=1S/C17H22N4O3/c1-4-14(22)7-8-16(10-18,11-19)17(12-20,13-21)9-15(23-5-2)24-6-3/h15H,4-9H2,1-3H3. The highest BCUT2D eigenvalue weighted by Gasteiger charge is 2.55. The molecule has 0 aromatic heterocycles. The summed E-state index contributed by atoms with van der Waals surface area (Å²) < 4.78 is 10.7. The second-order valence-corrected chi connectivity index (χ2v) is 5.19. The third kappa shape index (κ3) is 4.77. The van der Waals surface area contributed by atoms with E-state index in [2.05, 4.69) is 0 Å². The lowest BCUT2D eigenvalue weighted by Crippen LogP contribution is -2.42. The van der Waals surface area contributed by atoms with E-state index in [1.807, 2.05) is 24.3 Å². The molecule has 0 saturated carbocycles. The van der Waals surface area contributed by atoms with Crippen LogP contribution in [-0.2, 0) is 14.3 Å². The van der Waals surface area contributed by atoms with Crippen LogP contribution in [0.5, 0.6) is 0 Å². The van der Waals surface area contributed by atoms with Gasteiger partial charge in [0.15, 0.2) is 17.1 Å². The van der Waals surface area contributed by atoms with Gasteiger partial charge in [-0.1, -0.05) is 6.92 Å². The van der Waals surface area contributed by atoms with Gasteiger partial charge in [0.05, 0.1) is 24.3 Å². The predicted octanol–water partition coefficient (Wildman–Crippen LogP) is 2.60. The summed E-state index contributed by atoms with van der Waals surface area (Å²) in [6.07, 6.45) is -1.10. The van der Waals surface area contributed by atoms with Gasteiger partial charge >= 0.3 is 0 Å². The molecule has 0 rings (SSSR count). The van der Waals surface area contributed by atoms with Crippen molar-refractivity contribution in [1.82, 2.24) is 0 Å². The van der Waals surface area contributed by atoms with Crippen LogP contribution in [0.1, 0.15) is 46.5 Å². The zero-order valence-corrected chi connectivity index (χ0v) is 14.3. The number of Topliss-reactive ketones (excluding diaryl/α,β-unsaturated/α-hetero) is 1. The Morgan fingerprint density at radius 3 is 1.71 bits per heavy atom. The number of rotatable bonds is 11. The first-order valence-electron chi connectivity index (χ1n) is 7.84. The van der Waals surface area contributed by atoms with Crippen molar-refractivity contribution in [1.29, 1.82) is 21.0 Å². The summed E-state index contributed by atoms with van der Waals surface area (Å²) in [6.45, 7) is 5.71. The molecule has 24 heavy (non-hydrogen) atoms. The van der Waals surface area contributed by atoms with Crippen molar-refractivity contribution in [2.45, 2.75) is 52.7 Å². The Morgan fingerprint density at radius 1 is 0.917 bits per heavy atom. The molecule has 0 atom stereocenters. The van der Waals surface area contributed by atoms with E-state index in [1.54, 1.807) is 20.8 Å². The number of carbonyl (C=O) groups is 1. The van der Waals surface area contributed by atoms with E-state index in [4.69, 9.17) is 9.47 Å². The van der Waals surface area contributed by atoms with Gasteiger partial charge in [0, 0.05) is 32.5 Å². The molecule has 0 bridgehead atoms. The molecule has 0 aliphatic rings. The van der Waals surface area contributed by atoms with E-state index >= 15 is 0 Å². The van der Waals surface area contributed by atoms with Crippen LogP contribution in [0.25, 0.3) is 0 Å². The monoisotopic (exact) mass is 330 g/mol. The molecule has 0 aromatic rings. The lowest BCUT2D eigenvalue weighted by atomic mass is 9.62. The SMILES string of the molecule is CCOC(CC(C#N)(C#N)C(C#N)(C#N)CCC(=O)CC)OCC. The Bertz CT molecular complexity index is 555. The maximum Gasteiger partial charge on any atom is 0.180 e. The van der Waals surface area contributed by atoms with E-state index in [9.17, 15) is 25.8 Å². The Morgan fingerprint density at radius 2 is 1.38 bits per heavy atom. The Hall–Kier alpha value is -2.45. The van der Waals surface area contributed by atoms with Crippen molar-refractivity contribution in [3.05, 3.63) is 0 Å². The van der Waals surface area contributed by atoms with E-state index in [0.29, 0.717) is 0 Å². The Kier molecular flexibility index (Phi) is 9.29. The van der Waals surface area contributed by atoms with Crippen LogP contribution < -0.4 is 0 Å². The first-order valence-corrected chi connectivity index (χ1v) is 7.84. The number of hydrogen-bond donors (Lipinski definition) is 0. The molecular formula is C17H22N4O3. The number of ketones is 1. The summed E-state index contributed by atoms with van der Waals surface area (Å²) in [4.78, 5) is 11.6.